The fourth-order valence-electron chi connectivity index (χ4n) is 4.73. The minimum absolute atomic E-state index is 0.162. The van der Waals surface area contributed by atoms with Crippen molar-refractivity contribution in [3.05, 3.63) is 28.5 Å². The van der Waals surface area contributed by atoms with E-state index in [-0.39, 0.29) is 11.7 Å². The molecule has 174 valence electrons. The summed E-state index contributed by atoms with van der Waals surface area (Å²) in [5.41, 5.74) is 1.59. The maximum absolute atomic E-state index is 13.7. The molecule has 5 nitrogen and oxygen atoms in total. The number of hydrogen-bond acceptors (Lipinski definition) is 4. The number of methoxy groups -OCH3 is 1. The lowest BCUT2D eigenvalue weighted by Gasteiger charge is -2.37. The van der Waals surface area contributed by atoms with Gasteiger partial charge in [-0.3, -0.25) is 9.69 Å². The second-order valence-electron chi connectivity index (χ2n) is 9.05. The number of benzene rings is 1. The van der Waals surface area contributed by atoms with Crippen LogP contribution in [0.2, 0.25) is 5.02 Å². The van der Waals surface area contributed by atoms with Gasteiger partial charge in [0, 0.05) is 52.4 Å². The van der Waals surface area contributed by atoms with Crippen LogP contribution in [-0.2, 0) is 9.53 Å². The second-order valence-corrected chi connectivity index (χ2v) is 9.46. The van der Waals surface area contributed by atoms with Crippen LogP contribution in [0.1, 0.15) is 50.5 Å². The van der Waals surface area contributed by atoms with Crippen LogP contribution >= 0.6 is 11.6 Å². The third-order valence-corrected chi connectivity index (χ3v) is 7.06. The summed E-state index contributed by atoms with van der Waals surface area (Å²) in [4.78, 5) is 16.8. The van der Waals surface area contributed by atoms with Crippen LogP contribution in [0.4, 0.5) is 10.1 Å². The molecule has 1 aliphatic carbocycles. The smallest absolute Gasteiger partial charge is 0.220 e. The summed E-state index contributed by atoms with van der Waals surface area (Å²) in [7, 11) is 1.67. The van der Waals surface area contributed by atoms with Gasteiger partial charge in [0.15, 0.2) is 0 Å². The molecule has 3 rings (SSSR count). The fraction of sp³-hybridized carbons (Fsp3) is 0.708. The van der Waals surface area contributed by atoms with Gasteiger partial charge < -0.3 is 15.0 Å². The number of nitrogens with zero attached hydrogens (tertiary/aromatic N) is 2. The predicted octanol–water partition coefficient (Wildman–Crippen LogP) is 4.40. The summed E-state index contributed by atoms with van der Waals surface area (Å²) in [5, 5.41) is 3.69. The molecule has 0 atom stereocenters. The molecule has 1 saturated carbocycles. The van der Waals surface area contributed by atoms with Gasteiger partial charge in [-0.1, -0.05) is 11.6 Å². The van der Waals surface area contributed by atoms with Gasteiger partial charge in [-0.25, -0.2) is 4.39 Å². The quantitative estimate of drug-likeness (QED) is 0.563. The number of piperazine rings is 1. The standard InChI is InChI=1S/C24H37ClFN3O2/c1-18-16-23(21(25)17-22(18)26)29-13-11-28(12-14-29)10-9-19-5-7-20(8-6-19)27-24(30)4-3-15-31-2/h16-17,19-20H,3-15H2,1-2H3,(H,27,30)/t19-,20-. The molecular formula is C24H37ClFN3O2. The van der Waals surface area contributed by atoms with Crippen molar-refractivity contribution in [2.75, 3.05) is 51.3 Å². The van der Waals surface area contributed by atoms with Crippen molar-refractivity contribution in [3.63, 3.8) is 0 Å². The topological polar surface area (TPSA) is 44.8 Å². The van der Waals surface area contributed by atoms with Crippen LogP contribution in [0, 0.1) is 18.7 Å². The molecule has 0 bridgehead atoms. The van der Waals surface area contributed by atoms with E-state index < -0.39 is 0 Å². The Morgan fingerprint density at radius 1 is 1.19 bits per heavy atom. The predicted molar refractivity (Wildman–Crippen MR) is 124 cm³/mol. The van der Waals surface area contributed by atoms with E-state index in [4.69, 9.17) is 16.3 Å². The Kier molecular flexibility index (Phi) is 9.42. The summed E-state index contributed by atoms with van der Waals surface area (Å²) >= 11 is 6.28. The van der Waals surface area contributed by atoms with E-state index in [1.54, 1.807) is 14.0 Å². The Morgan fingerprint density at radius 3 is 2.58 bits per heavy atom. The Bertz CT molecular complexity index is 717. The van der Waals surface area contributed by atoms with Gasteiger partial charge in [0.05, 0.1) is 10.7 Å². The fourth-order valence-corrected chi connectivity index (χ4v) is 5.00. The third-order valence-electron chi connectivity index (χ3n) is 6.76. The van der Waals surface area contributed by atoms with Gasteiger partial charge in [0.2, 0.25) is 5.91 Å². The Hall–Kier alpha value is -1.37. The highest BCUT2D eigenvalue weighted by Crippen LogP contribution is 2.30. The highest BCUT2D eigenvalue weighted by molar-refractivity contribution is 6.33. The summed E-state index contributed by atoms with van der Waals surface area (Å²) < 4.78 is 18.7. The van der Waals surface area contributed by atoms with Gasteiger partial charge in [0.25, 0.3) is 0 Å². The summed E-state index contributed by atoms with van der Waals surface area (Å²) in [5.74, 6) is 0.677. The molecule has 1 aliphatic heterocycles. The number of hydrogen-bond donors (Lipinski definition) is 1. The highest BCUT2D eigenvalue weighted by atomic mass is 35.5. The van der Waals surface area contributed by atoms with Crippen molar-refractivity contribution in [3.8, 4) is 0 Å². The first-order chi connectivity index (χ1) is 15.0. The number of aryl methyl sites for hydroxylation is 1. The normalized spacial score (nSPS) is 22.5. The van der Waals surface area contributed by atoms with Gasteiger partial charge in [-0.15, -0.1) is 0 Å². The second kappa shape index (κ2) is 12.0. The lowest BCUT2D eigenvalue weighted by molar-refractivity contribution is -0.122. The molecule has 1 amide bonds. The van der Waals surface area contributed by atoms with Crippen LogP contribution in [0.3, 0.4) is 0 Å². The zero-order valence-corrected chi connectivity index (χ0v) is 19.7. The largest absolute Gasteiger partial charge is 0.385 e. The maximum Gasteiger partial charge on any atom is 0.220 e. The minimum atomic E-state index is -0.243. The zero-order valence-electron chi connectivity index (χ0n) is 19.0. The molecular weight excluding hydrogens is 417 g/mol. The number of rotatable bonds is 9. The zero-order chi connectivity index (χ0) is 22.2. The van der Waals surface area contributed by atoms with Crippen LogP contribution < -0.4 is 10.2 Å². The number of carbonyl (C=O) groups is 1. The number of carbonyl (C=O) groups excluding carboxylic acids is 1. The Balaban J connectivity index is 1.33. The molecule has 1 aromatic carbocycles. The molecule has 0 aromatic heterocycles. The van der Waals surface area contributed by atoms with E-state index in [1.807, 2.05) is 6.07 Å². The minimum Gasteiger partial charge on any atom is -0.385 e. The summed E-state index contributed by atoms with van der Waals surface area (Å²) in [6.45, 7) is 7.43. The van der Waals surface area contributed by atoms with Gasteiger partial charge in [0.1, 0.15) is 5.82 Å². The summed E-state index contributed by atoms with van der Waals surface area (Å²) in [6, 6.07) is 3.64. The molecule has 2 aliphatic rings. The first-order valence-corrected chi connectivity index (χ1v) is 12.0. The number of anilines is 1. The van der Waals surface area contributed by atoms with Crippen LogP contribution in [0.15, 0.2) is 12.1 Å². The van der Waals surface area contributed by atoms with Crippen molar-refractivity contribution in [1.82, 2.24) is 10.2 Å². The van der Waals surface area contributed by atoms with Crippen LogP contribution in [0.25, 0.3) is 0 Å². The van der Waals surface area contributed by atoms with E-state index >= 15 is 0 Å². The molecule has 31 heavy (non-hydrogen) atoms. The van der Waals surface area contributed by atoms with Crippen molar-refractivity contribution < 1.29 is 13.9 Å². The van der Waals surface area contributed by atoms with E-state index in [0.717, 1.165) is 63.6 Å². The summed E-state index contributed by atoms with van der Waals surface area (Å²) in [6.07, 6.45) is 7.17. The number of halogens is 2. The molecule has 1 heterocycles. The molecule has 0 radical (unpaired) electrons. The lowest BCUT2D eigenvalue weighted by Crippen LogP contribution is -2.47. The number of ether oxygens (including phenoxy) is 1. The average Bonchev–Trinajstić information content (AvgIpc) is 2.76. The molecule has 7 heteroatoms. The molecule has 2 fully saturated rings. The first kappa shape index (κ1) is 24.3. The highest BCUT2D eigenvalue weighted by Gasteiger charge is 2.24. The van der Waals surface area contributed by atoms with Gasteiger partial charge in [-0.2, -0.15) is 0 Å². The molecule has 1 N–H and O–H groups in total. The van der Waals surface area contributed by atoms with Crippen molar-refractivity contribution >= 4 is 23.2 Å². The molecule has 1 saturated heterocycles. The lowest BCUT2D eigenvalue weighted by atomic mass is 9.84. The Labute approximate surface area is 191 Å². The number of nitrogens with one attached hydrogen (secondary N) is 1. The van der Waals surface area contributed by atoms with Gasteiger partial charge >= 0.3 is 0 Å². The monoisotopic (exact) mass is 453 g/mol. The average molecular weight is 454 g/mol. The van der Waals surface area contributed by atoms with Crippen molar-refractivity contribution in [2.45, 2.75) is 57.9 Å². The Morgan fingerprint density at radius 2 is 1.90 bits per heavy atom. The molecule has 1 aromatic rings. The van der Waals surface area contributed by atoms with Crippen LogP contribution in [0.5, 0.6) is 0 Å². The molecule has 0 unspecified atom stereocenters. The van der Waals surface area contributed by atoms with E-state index in [1.165, 1.54) is 25.3 Å². The third kappa shape index (κ3) is 7.33. The van der Waals surface area contributed by atoms with Crippen molar-refractivity contribution in [1.29, 1.82) is 0 Å². The molecule has 0 spiro atoms. The van der Waals surface area contributed by atoms with E-state index in [2.05, 4.69) is 15.1 Å². The van der Waals surface area contributed by atoms with Gasteiger partial charge in [-0.05, 0) is 75.6 Å². The number of amides is 1. The van der Waals surface area contributed by atoms with Crippen molar-refractivity contribution in [2.24, 2.45) is 5.92 Å². The van der Waals surface area contributed by atoms with E-state index in [9.17, 15) is 9.18 Å². The maximum atomic E-state index is 13.7. The SMILES string of the molecule is COCCCC(=O)N[C@H]1CC[C@H](CCN2CCN(c3cc(C)c(F)cc3Cl)CC2)CC1. The first-order valence-electron chi connectivity index (χ1n) is 11.7. The van der Waals surface area contributed by atoms with Crippen LogP contribution in [-0.4, -0.2) is 63.3 Å². The van der Waals surface area contributed by atoms with E-state index in [0.29, 0.717) is 29.7 Å².